The van der Waals surface area contributed by atoms with Gasteiger partial charge in [0.25, 0.3) is 0 Å². The number of nitrogens with zero attached hydrogens (tertiary/aromatic N) is 3. The van der Waals surface area contributed by atoms with E-state index in [0.29, 0.717) is 24.6 Å². The quantitative estimate of drug-likeness (QED) is 0.236. The third-order valence-electron chi connectivity index (χ3n) is 5.62. The number of aromatic nitrogens is 1. The topological polar surface area (TPSA) is 127 Å². The average Bonchev–Trinajstić information content (AvgIpc) is 3.24. The van der Waals surface area contributed by atoms with Gasteiger partial charge in [-0.2, -0.15) is 4.37 Å². The van der Waals surface area contributed by atoms with Gasteiger partial charge in [0.1, 0.15) is 23.2 Å². The molecule has 0 atom stereocenters. The van der Waals surface area contributed by atoms with Crippen molar-refractivity contribution in [2.24, 2.45) is 0 Å². The van der Waals surface area contributed by atoms with Gasteiger partial charge in [0, 0.05) is 44.8 Å². The van der Waals surface area contributed by atoms with Crippen molar-refractivity contribution in [1.29, 1.82) is 0 Å². The fourth-order valence-electron chi connectivity index (χ4n) is 3.66. The van der Waals surface area contributed by atoms with E-state index in [9.17, 15) is 23.5 Å². The molecule has 0 unspecified atom stereocenters. The Labute approximate surface area is 216 Å². The molecule has 1 aliphatic rings. The van der Waals surface area contributed by atoms with Crippen LogP contribution in [0.5, 0.6) is 5.88 Å². The second kappa shape index (κ2) is 13.7. The highest BCUT2D eigenvalue weighted by Crippen LogP contribution is 2.31. The molecule has 1 aromatic carbocycles. The number of hydrogen-bond acceptors (Lipinski definition) is 8. The van der Waals surface area contributed by atoms with Crippen LogP contribution >= 0.6 is 23.1 Å². The maximum Gasteiger partial charge on any atom is 0.344 e. The number of carboxylic acids is 1. The van der Waals surface area contributed by atoms with Crippen LogP contribution in [0.2, 0.25) is 5.02 Å². The second-order valence-corrected chi connectivity index (χ2v) is 9.32. The molecule has 0 aliphatic carbocycles. The number of nitrogens with one attached hydrogen (secondary N) is 2. The zero-order chi connectivity index (χ0) is 26.1. The molecule has 1 aliphatic heterocycles. The number of β-amino-alcohol motifs (C(OH)–C–C–N with tert-alkyl or cyclic N) is 1. The fraction of sp³-hybridized carbons (Fsp3) is 0.500. The Hall–Kier alpha value is -2.58. The molecule has 2 heterocycles. The van der Waals surface area contributed by atoms with Gasteiger partial charge >= 0.3 is 12.0 Å². The number of aliphatic hydroxyl groups is 1. The molecule has 198 valence electrons. The summed E-state index contributed by atoms with van der Waals surface area (Å²) in [7, 11) is 0. The standard InChI is InChI=1S/C22H28ClF2N5O5S/c23-15-12-16(24)14(11-17(15)25)13-35-19-18(21(32)33)20(36-28-19)27-22(34)26-3-1-2-4-29-5-7-30(8-6-29)9-10-31/h11-12,31H,1-10,13H2,(H,32,33)(H2,26,27,34). The first kappa shape index (κ1) is 28.0. The molecule has 1 saturated heterocycles. The van der Waals surface area contributed by atoms with Crippen molar-refractivity contribution < 1.29 is 33.3 Å². The van der Waals surface area contributed by atoms with Gasteiger partial charge in [0.2, 0.25) is 5.88 Å². The lowest BCUT2D eigenvalue weighted by Gasteiger charge is -2.34. The Morgan fingerprint density at radius 1 is 1.11 bits per heavy atom. The normalized spacial score (nSPS) is 14.6. The number of carbonyl (C=O) groups excluding carboxylic acids is 1. The molecular formula is C22H28ClF2N5O5S. The Balaban J connectivity index is 1.43. The fourth-order valence-corrected chi connectivity index (χ4v) is 4.53. The lowest BCUT2D eigenvalue weighted by atomic mass is 10.2. The number of carboxylic acid groups (broad SMARTS) is 1. The van der Waals surface area contributed by atoms with Crippen LogP contribution in [0.25, 0.3) is 0 Å². The molecule has 0 saturated carbocycles. The highest BCUT2D eigenvalue weighted by atomic mass is 35.5. The number of benzene rings is 1. The first-order chi connectivity index (χ1) is 17.3. The summed E-state index contributed by atoms with van der Waals surface area (Å²) in [5, 5.41) is 23.2. The summed E-state index contributed by atoms with van der Waals surface area (Å²) in [5.74, 6) is -3.37. The predicted octanol–water partition coefficient (Wildman–Crippen LogP) is 2.86. The van der Waals surface area contributed by atoms with Crippen LogP contribution in [0.4, 0.5) is 18.6 Å². The van der Waals surface area contributed by atoms with E-state index in [2.05, 4.69) is 24.8 Å². The van der Waals surface area contributed by atoms with Crippen molar-refractivity contribution in [2.75, 3.05) is 57.7 Å². The largest absolute Gasteiger partial charge is 0.477 e. The maximum absolute atomic E-state index is 13.9. The first-order valence-electron chi connectivity index (χ1n) is 11.4. The van der Waals surface area contributed by atoms with Crippen LogP contribution in [0.3, 0.4) is 0 Å². The van der Waals surface area contributed by atoms with Crippen LogP contribution < -0.4 is 15.4 Å². The average molecular weight is 548 g/mol. The van der Waals surface area contributed by atoms with Crippen molar-refractivity contribution in [3.8, 4) is 5.88 Å². The second-order valence-electron chi connectivity index (χ2n) is 8.14. The van der Waals surface area contributed by atoms with E-state index < -0.39 is 30.2 Å². The number of urea groups is 1. The molecule has 3 rings (SSSR count). The summed E-state index contributed by atoms with van der Waals surface area (Å²) < 4.78 is 36.7. The predicted molar refractivity (Wildman–Crippen MR) is 131 cm³/mol. The van der Waals surface area contributed by atoms with Crippen molar-refractivity contribution in [3.63, 3.8) is 0 Å². The molecule has 1 aromatic heterocycles. The zero-order valence-corrected chi connectivity index (χ0v) is 21.0. The Kier molecular flexibility index (Phi) is 10.6. The molecular weight excluding hydrogens is 520 g/mol. The lowest BCUT2D eigenvalue weighted by molar-refractivity contribution is 0.0693. The molecule has 10 nitrogen and oxygen atoms in total. The minimum Gasteiger partial charge on any atom is -0.477 e. The van der Waals surface area contributed by atoms with Gasteiger partial charge in [-0.1, -0.05) is 11.6 Å². The van der Waals surface area contributed by atoms with Crippen molar-refractivity contribution in [3.05, 3.63) is 39.9 Å². The van der Waals surface area contributed by atoms with Gasteiger partial charge in [-0.3, -0.25) is 10.2 Å². The number of piperazine rings is 1. The SMILES string of the molecule is O=C(NCCCCN1CCN(CCO)CC1)Nc1snc(OCc2cc(F)c(Cl)cc2F)c1C(=O)O. The third kappa shape index (κ3) is 7.96. The highest BCUT2D eigenvalue weighted by molar-refractivity contribution is 7.11. The minimum atomic E-state index is -1.39. The first-order valence-corrected chi connectivity index (χ1v) is 12.5. The van der Waals surface area contributed by atoms with E-state index >= 15 is 0 Å². The van der Waals surface area contributed by atoms with Gasteiger partial charge in [-0.15, -0.1) is 0 Å². The van der Waals surface area contributed by atoms with Gasteiger partial charge in [-0.25, -0.2) is 18.4 Å². The van der Waals surface area contributed by atoms with Crippen LogP contribution in [-0.4, -0.2) is 88.8 Å². The molecule has 14 heteroatoms. The number of anilines is 1. The highest BCUT2D eigenvalue weighted by Gasteiger charge is 2.24. The Morgan fingerprint density at radius 3 is 2.47 bits per heavy atom. The summed E-state index contributed by atoms with van der Waals surface area (Å²) in [6, 6.07) is 1.07. The van der Waals surface area contributed by atoms with E-state index in [1.54, 1.807) is 0 Å². The van der Waals surface area contributed by atoms with Gasteiger partial charge in [-0.05, 0) is 43.1 Å². The van der Waals surface area contributed by atoms with E-state index in [-0.39, 0.29) is 33.6 Å². The number of hydrogen-bond donors (Lipinski definition) is 4. The summed E-state index contributed by atoms with van der Waals surface area (Å²) >= 11 is 6.23. The monoisotopic (exact) mass is 547 g/mol. The number of amides is 2. The molecule has 0 radical (unpaired) electrons. The molecule has 4 N–H and O–H groups in total. The molecule has 1 fully saturated rings. The number of halogens is 3. The minimum absolute atomic E-state index is 0.0430. The molecule has 2 aromatic rings. The third-order valence-corrected chi connectivity index (χ3v) is 6.66. The van der Waals surface area contributed by atoms with E-state index in [4.69, 9.17) is 21.4 Å². The van der Waals surface area contributed by atoms with Crippen LogP contribution in [0, 0.1) is 11.6 Å². The van der Waals surface area contributed by atoms with Crippen molar-refractivity contribution in [2.45, 2.75) is 19.4 Å². The maximum atomic E-state index is 13.9. The van der Waals surface area contributed by atoms with Crippen molar-refractivity contribution >= 4 is 40.1 Å². The lowest BCUT2D eigenvalue weighted by Crippen LogP contribution is -2.47. The Bertz CT molecular complexity index is 1050. The number of unbranched alkanes of at least 4 members (excludes halogenated alkanes) is 1. The van der Waals surface area contributed by atoms with Gasteiger partial charge < -0.3 is 25.2 Å². The van der Waals surface area contributed by atoms with E-state index in [0.717, 1.165) is 57.7 Å². The van der Waals surface area contributed by atoms with Crippen LogP contribution in [-0.2, 0) is 6.61 Å². The molecule has 2 amide bonds. The number of carbonyl (C=O) groups is 2. The number of rotatable bonds is 12. The van der Waals surface area contributed by atoms with E-state index in [1.807, 2.05) is 0 Å². The summed E-state index contributed by atoms with van der Waals surface area (Å²) in [4.78, 5) is 28.5. The van der Waals surface area contributed by atoms with Crippen LogP contribution in [0.15, 0.2) is 12.1 Å². The number of ether oxygens (including phenoxy) is 1. The molecule has 36 heavy (non-hydrogen) atoms. The summed E-state index contributed by atoms with van der Waals surface area (Å²) in [6.07, 6.45) is 1.64. The Morgan fingerprint density at radius 2 is 1.81 bits per heavy atom. The van der Waals surface area contributed by atoms with Crippen molar-refractivity contribution in [1.82, 2.24) is 19.5 Å². The van der Waals surface area contributed by atoms with Crippen LogP contribution in [0.1, 0.15) is 28.8 Å². The molecule has 0 bridgehead atoms. The van der Waals surface area contributed by atoms with E-state index in [1.165, 1.54) is 0 Å². The van der Waals surface area contributed by atoms with Gasteiger partial charge in [0.15, 0.2) is 5.56 Å². The van der Waals surface area contributed by atoms with Gasteiger partial charge in [0.05, 0.1) is 11.6 Å². The smallest absolute Gasteiger partial charge is 0.344 e. The number of aliphatic hydroxyl groups excluding tert-OH is 1. The zero-order valence-electron chi connectivity index (χ0n) is 19.4. The number of aromatic carboxylic acids is 1. The molecule has 0 spiro atoms. The summed E-state index contributed by atoms with van der Waals surface area (Å²) in [5.41, 5.74) is -0.550. The summed E-state index contributed by atoms with van der Waals surface area (Å²) in [6.45, 7) is 5.45.